The maximum Gasteiger partial charge on any atom is 0.223 e. The van der Waals surface area contributed by atoms with Crippen molar-refractivity contribution in [1.29, 1.82) is 0 Å². The Kier molecular flexibility index (Phi) is 6.62. The summed E-state index contributed by atoms with van der Waals surface area (Å²) in [5, 5.41) is 0.541. The molecule has 146 valence electrons. The second-order valence-electron chi connectivity index (χ2n) is 6.70. The molecule has 0 saturated heterocycles. The fraction of sp³-hybridized carbons (Fsp3) is 0.273. The molecular formula is C22H22F2N2OS. The van der Waals surface area contributed by atoms with E-state index in [0.29, 0.717) is 28.3 Å². The summed E-state index contributed by atoms with van der Waals surface area (Å²) in [5.74, 6) is 0.339. The summed E-state index contributed by atoms with van der Waals surface area (Å²) in [5.41, 5.74) is 2.72. The molecule has 1 heterocycles. The van der Waals surface area contributed by atoms with Gasteiger partial charge in [0.15, 0.2) is 16.8 Å². The molecule has 3 nitrogen and oxygen atoms in total. The van der Waals surface area contributed by atoms with Gasteiger partial charge in [-0.3, -0.25) is 0 Å². The third-order valence-electron chi connectivity index (χ3n) is 4.20. The fourth-order valence-corrected chi connectivity index (χ4v) is 3.39. The molecule has 0 amide bonds. The van der Waals surface area contributed by atoms with Crippen molar-refractivity contribution < 1.29 is 13.5 Å². The zero-order valence-electron chi connectivity index (χ0n) is 16.1. The van der Waals surface area contributed by atoms with Gasteiger partial charge in [0.1, 0.15) is 5.75 Å². The minimum Gasteiger partial charge on any atom is -0.439 e. The number of halogens is 2. The van der Waals surface area contributed by atoms with Crippen LogP contribution in [0.2, 0.25) is 0 Å². The van der Waals surface area contributed by atoms with Crippen LogP contribution in [0.1, 0.15) is 43.5 Å². The van der Waals surface area contributed by atoms with Crippen molar-refractivity contribution in [1.82, 2.24) is 9.97 Å². The lowest BCUT2D eigenvalue weighted by atomic mass is 10.0. The van der Waals surface area contributed by atoms with Gasteiger partial charge in [0.2, 0.25) is 5.88 Å². The van der Waals surface area contributed by atoms with Crippen LogP contribution in [0.3, 0.4) is 0 Å². The number of aromatic nitrogens is 2. The molecule has 0 aliphatic heterocycles. The molecule has 0 radical (unpaired) electrons. The van der Waals surface area contributed by atoms with Gasteiger partial charge < -0.3 is 4.74 Å². The van der Waals surface area contributed by atoms with E-state index < -0.39 is 11.6 Å². The maximum atomic E-state index is 13.4. The Morgan fingerprint density at radius 3 is 2.54 bits per heavy atom. The van der Waals surface area contributed by atoms with Crippen molar-refractivity contribution in [3.05, 3.63) is 77.0 Å². The quantitative estimate of drug-likeness (QED) is 0.334. The molecule has 3 rings (SSSR count). The molecule has 0 aliphatic carbocycles. The number of aryl methyl sites for hydroxylation is 1. The van der Waals surface area contributed by atoms with Gasteiger partial charge >= 0.3 is 0 Å². The standard InChI is InChI=1S/C22H22F2N2OS/c1-4-17-12-21(27-18-7-5-6-16(11-18)14(2)3)26-22(25-17)28-13-15-8-9-19(23)20(24)10-15/h5-12,14H,4,13H2,1-3H3. The number of thioether (sulfide) groups is 1. The molecule has 0 saturated carbocycles. The van der Waals surface area contributed by atoms with Crippen molar-refractivity contribution in [3.63, 3.8) is 0 Å². The molecule has 0 unspecified atom stereocenters. The first-order valence-corrected chi connectivity index (χ1v) is 10.2. The summed E-state index contributed by atoms with van der Waals surface area (Å²) >= 11 is 1.36. The van der Waals surface area contributed by atoms with Crippen LogP contribution in [0, 0.1) is 11.6 Å². The van der Waals surface area contributed by atoms with Gasteiger partial charge in [0, 0.05) is 17.5 Å². The fourth-order valence-electron chi connectivity index (χ4n) is 2.58. The van der Waals surface area contributed by atoms with Crippen LogP contribution in [0.5, 0.6) is 11.6 Å². The zero-order valence-corrected chi connectivity index (χ0v) is 16.9. The first kappa shape index (κ1) is 20.3. The average molecular weight is 400 g/mol. The second-order valence-corrected chi connectivity index (χ2v) is 7.64. The van der Waals surface area contributed by atoms with Crippen molar-refractivity contribution in [3.8, 4) is 11.6 Å². The van der Waals surface area contributed by atoms with E-state index in [9.17, 15) is 8.78 Å². The normalized spacial score (nSPS) is 11.1. The predicted octanol–water partition coefficient (Wildman–Crippen LogP) is 6.53. The molecule has 0 spiro atoms. The lowest BCUT2D eigenvalue weighted by Gasteiger charge is -2.11. The largest absolute Gasteiger partial charge is 0.439 e. The molecule has 2 aromatic carbocycles. The van der Waals surface area contributed by atoms with E-state index >= 15 is 0 Å². The number of nitrogens with zero attached hydrogens (tertiary/aromatic N) is 2. The Hall–Kier alpha value is -2.47. The molecule has 1 aromatic heterocycles. The first-order chi connectivity index (χ1) is 13.4. The van der Waals surface area contributed by atoms with Gasteiger partial charge in [-0.05, 0) is 47.7 Å². The van der Waals surface area contributed by atoms with Gasteiger partial charge in [-0.2, -0.15) is 4.98 Å². The molecular weight excluding hydrogens is 378 g/mol. The summed E-state index contributed by atoms with van der Waals surface area (Å²) in [6.07, 6.45) is 0.740. The molecule has 0 N–H and O–H groups in total. The average Bonchev–Trinajstić information content (AvgIpc) is 2.69. The van der Waals surface area contributed by atoms with Crippen LogP contribution in [0.25, 0.3) is 0 Å². The van der Waals surface area contributed by atoms with Crippen LogP contribution in [-0.2, 0) is 12.2 Å². The van der Waals surface area contributed by atoms with Gasteiger partial charge in [-0.25, -0.2) is 13.8 Å². The molecule has 0 fully saturated rings. The minimum absolute atomic E-state index is 0.405. The van der Waals surface area contributed by atoms with Crippen LogP contribution in [-0.4, -0.2) is 9.97 Å². The van der Waals surface area contributed by atoms with Gasteiger partial charge in [-0.1, -0.05) is 50.7 Å². The maximum absolute atomic E-state index is 13.4. The Labute approximate surface area is 168 Å². The number of hydrogen-bond acceptors (Lipinski definition) is 4. The van der Waals surface area contributed by atoms with Crippen molar-refractivity contribution in [2.24, 2.45) is 0 Å². The Morgan fingerprint density at radius 2 is 1.82 bits per heavy atom. The molecule has 28 heavy (non-hydrogen) atoms. The first-order valence-electron chi connectivity index (χ1n) is 9.17. The summed E-state index contributed by atoms with van der Waals surface area (Å²) < 4.78 is 32.4. The second kappa shape index (κ2) is 9.15. The van der Waals surface area contributed by atoms with Crippen LogP contribution in [0.4, 0.5) is 8.78 Å². The molecule has 0 aliphatic rings. The van der Waals surface area contributed by atoms with E-state index in [4.69, 9.17) is 4.74 Å². The zero-order chi connectivity index (χ0) is 20.1. The molecule has 0 atom stereocenters. The van der Waals surface area contributed by atoms with E-state index in [1.807, 2.05) is 31.2 Å². The Bertz CT molecular complexity index is 963. The minimum atomic E-state index is -0.851. The summed E-state index contributed by atoms with van der Waals surface area (Å²) in [4.78, 5) is 8.97. The predicted molar refractivity (Wildman–Crippen MR) is 108 cm³/mol. The lowest BCUT2D eigenvalue weighted by Crippen LogP contribution is -1.98. The van der Waals surface area contributed by atoms with Crippen molar-refractivity contribution in [2.45, 2.75) is 44.0 Å². The van der Waals surface area contributed by atoms with E-state index in [1.165, 1.54) is 23.4 Å². The third kappa shape index (κ3) is 5.29. The molecule has 0 bridgehead atoms. The molecule has 6 heteroatoms. The Morgan fingerprint density at radius 1 is 1.00 bits per heavy atom. The summed E-state index contributed by atoms with van der Waals surface area (Å²) in [6.45, 7) is 6.27. The van der Waals surface area contributed by atoms with Gasteiger partial charge in [0.05, 0.1) is 0 Å². The van der Waals surface area contributed by atoms with E-state index in [1.54, 1.807) is 6.07 Å². The van der Waals surface area contributed by atoms with Crippen LogP contribution >= 0.6 is 11.8 Å². The lowest BCUT2D eigenvalue weighted by molar-refractivity contribution is 0.453. The number of benzene rings is 2. The van der Waals surface area contributed by atoms with Gasteiger partial charge in [-0.15, -0.1) is 0 Å². The highest BCUT2D eigenvalue weighted by molar-refractivity contribution is 7.98. The number of rotatable bonds is 7. The van der Waals surface area contributed by atoms with Crippen LogP contribution in [0.15, 0.2) is 53.7 Å². The smallest absolute Gasteiger partial charge is 0.223 e. The number of ether oxygens (including phenoxy) is 1. The highest BCUT2D eigenvalue weighted by Gasteiger charge is 2.09. The van der Waals surface area contributed by atoms with Crippen LogP contribution < -0.4 is 4.74 Å². The van der Waals surface area contributed by atoms with E-state index in [-0.39, 0.29) is 0 Å². The van der Waals surface area contributed by atoms with E-state index in [2.05, 4.69) is 29.9 Å². The third-order valence-corrected chi connectivity index (χ3v) is 5.11. The SMILES string of the molecule is CCc1cc(Oc2cccc(C(C)C)c2)nc(SCc2ccc(F)c(F)c2)n1. The van der Waals surface area contributed by atoms with Gasteiger partial charge in [0.25, 0.3) is 0 Å². The van der Waals surface area contributed by atoms with Crippen molar-refractivity contribution in [2.75, 3.05) is 0 Å². The highest BCUT2D eigenvalue weighted by Crippen LogP contribution is 2.27. The van der Waals surface area contributed by atoms with E-state index in [0.717, 1.165) is 23.9 Å². The highest BCUT2D eigenvalue weighted by atomic mass is 32.2. The topological polar surface area (TPSA) is 35.0 Å². The monoisotopic (exact) mass is 400 g/mol. The summed E-state index contributed by atoms with van der Waals surface area (Å²) in [7, 11) is 0. The van der Waals surface area contributed by atoms with Crippen molar-refractivity contribution >= 4 is 11.8 Å². The number of hydrogen-bond donors (Lipinski definition) is 0. The summed E-state index contributed by atoms with van der Waals surface area (Å²) in [6, 6.07) is 13.6. The Balaban J connectivity index is 1.77. The molecule has 3 aromatic rings.